The number of hydrogen-bond acceptors (Lipinski definition) is 7. The fourth-order valence-electron chi connectivity index (χ4n) is 6.75. The fourth-order valence-corrected chi connectivity index (χ4v) is 6.75. The molecule has 40 heavy (non-hydrogen) atoms. The van der Waals surface area contributed by atoms with Gasteiger partial charge in [-0.1, -0.05) is 12.1 Å². The number of ether oxygens (including phenoxy) is 4. The van der Waals surface area contributed by atoms with Crippen molar-refractivity contribution in [3.63, 3.8) is 0 Å². The lowest BCUT2D eigenvalue weighted by molar-refractivity contribution is -0.0460. The van der Waals surface area contributed by atoms with Gasteiger partial charge in [-0.25, -0.2) is 9.59 Å². The second kappa shape index (κ2) is 10.6. The van der Waals surface area contributed by atoms with Crippen molar-refractivity contribution >= 4 is 23.0 Å². The highest BCUT2D eigenvalue weighted by Crippen LogP contribution is 2.52. The second-order valence-electron chi connectivity index (χ2n) is 12.0. The molecule has 2 saturated heterocycles. The number of esters is 1. The quantitative estimate of drug-likeness (QED) is 0.340. The van der Waals surface area contributed by atoms with Crippen molar-refractivity contribution in [3.8, 4) is 5.75 Å². The lowest BCUT2D eigenvalue weighted by atomic mass is 9.79. The molecule has 1 unspecified atom stereocenters. The van der Waals surface area contributed by atoms with Crippen LogP contribution in [0.5, 0.6) is 5.75 Å². The summed E-state index contributed by atoms with van der Waals surface area (Å²) in [6, 6.07) is 12.1. The molecular weight excluding hydrogens is 508 g/mol. The molecule has 2 bridgehead atoms. The van der Waals surface area contributed by atoms with Gasteiger partial charge in [0.1, 0.15) is 11.4 Å². The highest BCUT2D eigenvalue weighted by molar-refractivity contribution is 5.95. The summed E-state index contributed by atoms with van der Waals surface area (Å²) < 4.78 is 24.1. The van der Waals surface area contributed by atoms with Crippen LogP contribution < -0.4 is 4.74 Å². The Balaban J connectivity index is 1.59. The zero-order chi connectivity index (χ0) is 28.8. The Labute approximate surface area is 236 Å². The number of rotatable bonds is 6. The van der Waals surface area contributed by atoms with E-state index in [-0.39, 0.29) is 17.6 Å². The lowest BCUT2D eigenvalue weighted by Gasteiger charge is -2.48. The van der Waals surface area contributed by atoms with Crippen molar-refractivity contribution in [3.05, 3.63) is 64.8 Å². The minimum absolute atomic E-state index is 0.150. The average molecular weight is 549 g/mol. The first kappa shape index (κ1) is 28.2. The second-order valence-corrected chi connectivity index (χ2v) is 12.0. The van der Waals surface area contributed by atoms with E-state index >= 15 is 0 Å². The minimum Gasteiger partial charge on any atom is -0.496 e. The van der Waals surface area contributed by atoms with Gasteiger partial charge in [-0.15, -0.1) is 0 Å². The summed E-state index contributed by atoms with van der Waals surface area (Å²) >= 11 is 0. The fraction of sp³-hybridized carbons (Fsp3) is 0.500. The van der Waals surface area contributed by atoms with Gasteiger partial charge >= 0.3 is 12.1 Å². The van der Waals surface area contributed by atoms with Crippen molar-refractivity contribution in [1.29, 1.82) is 0 Å². The maximum atomic E-state index is 13.1. The van der Waals surface area contributed by atoms with E-state index < -0.39 is 11.7 Å². The summed E-state index contributed by atoms with van der Waals surface area (Å²) in [6.07, 6.45) is 5.40. The van der Waals surface area contributed by atoms with E-state index in [1.165, 1.54) is 7.11 Å². The molecule has 8 heteroatoms. The largest absolute Gasteiger partial charge is 0.496 e. The van der Waals surface area contributed by atoms with Crippen LogP contribution in [-0.2, 0) is 26.3 Å². The zero-order valence-corrected chi connectivity index (χ0v) is 24.6. The van der Waals surface area contributed by atoms with Crippen LogP contribution in [0.25, 0.3) is 10.9 Å². The monoisotopic (exact) mass is 548 g/mol. The van der Waals surface area contributed by atoms with E-state index in [1.807, 2.05) is 52.0 Å². The van der Waals surface area contributed by atoms with Crippen molar-refractivity contribution < 1.29 is 28.5 Å². The van der Waals surface area contributed by atoms with Gasteiger partial charge < -0.3 is 18.9 Å². The Kier molecular flexibility index (Phi) is 7.44. The molecule has 5 rings (SSSR count). The Bertz CT molecular complexity index is 1420. The number of piperidine rings is 1. The van der Waals surface area contributed by atoms with Crippen LogP contribution in [0.4, 0.5) is 4.79 Å². The van der Waals surface area contributed by atoms with Gasteiger partial charge in [0.15, 0.2) is 0 Å². The number of hydrogen-bond donors (Lipinski definition) is 0. The molecule has 2 aliphatic heterocycles. The average Bonchev–Trinajstić information content (AvgIpc) is 3.46. The Hall–Kier alpha value is -3.36. The lowest BCUT2D eigenvalue weighted by Crippen LogP contribution is -2.52. The smallest absolute Gasteiger partial charge is 0.419 e. The number of aryl methyl sites for hydroxylation is 1. The van der Waals surface area contributed by atoms with Crippen LogP contribution in [0, 0.1) is 6.92 Å². The highest BCUT2D eigenvalue weighted by atomic mass is 16.6. The van der Waals surface area contributed by atoms with Crippen molar-refractivity contribution in [1.82, 2.24) is 9.47 Å². The molecule has 2 aliphatic rings. The molecule has 2 fully saturated rings. The van der Waals surface area contributed by atoms with E-state index in [1.54, 1.807) is 25.0 Å². The van der Waals surface area contributed by atoms with Crippen molar-refractivity contribution in [2.24, 2.45) is 0 Å². The molecular formula is C32H40N2O6. The molecule has 0 N–H and O–H groups in total. The number of benzene rings is 2. The van der Waals surface area contributed by atoms with Crippen LogP contribution in [0.1, 0.15) is 73.5 Å². The van der Waals surface area contributed by atoms with Gasteiger partial charge in [-0.2, -0.15) is 0 Å². The Morgan fingerprint density at radius 3 is 2.42 bits per heavy atom. The maximum absolute atomic E-state index is 13.1. The first-order valence-corrected chi connectivity index (χ1v) is 13.9. The van der Waals surface area contributed by atoms with Crippen molar-refractivity contribution in [2.45, 2.75) is 83.2 Å². The topological polar surface area (TPSA) is 79.2 Å². The number of nitrogens with zero attached hydrogens (tertiary/aromatic N) is 2. The van der Waals surface area contributed by atoms with Gasteiger partial charge in [0.2, 0.25) is 0 Å². The summed E-state index contributed by atoms with van der Waals surface area (Å²) in [7, 11) is 4.89. The highest BCUT2D eigenvalue weighted by Gasteiger charge is 2.53. The summed E-state index contributed by atoms with van der Waals surface area (Å²) in [6.45, 7) is 8.25. The summed E-state index contributed by atoms with van der Waals surface area (Å²) in [5, 5.41) is 0.979. The summed E-state index contributed by atoms with van der Waals surface area (Å²) in [5.41, 5.74) is 3.67. The third-order valence-electron chi connectivity index (χ3n) is 8.53. The Morgan fingerprint density at radius 2 is 1.80 bits per heavy atom. The van der Waals surface area contributed by atoms with Crippen LogP contribution >= 0.6 is 0 Å². The summed E-state index contributed by atoms with van der Waals surface area (Å²) in [5.74, 6) is 0.460. The molecule has 3 aromatic rings. The molecule has 0 aliphatic carbocycles. The predicted molar refractivity (Wildman–Crippen MR) is 153 cm³/mol. The molecule has 3 atom stereocenters. The molecule has 3 heterocycles. The molecule has 0 amide bonds. The van der Waals surface area contributed by atoms with E-state index in [2.05, 4.69) is 17.0 Å². The molecule has 214 valence electrons. The van der Waals surface area contributed by atoms with E-state index in [0.717, 1.165) is 59.0 Å². The predicted octanol–water partition coefficient (Wildman–Crippen LogP) is 6.20. The third-order valence-corrected chi connectivity index (χ3v) is 8.53. The van der Waals surface area contributed by atoms with Gasteiger partial charge in [0.25, 0.3) is 0 Å². The molecule has 0 saturated carbocycles. The SMILES string of the molecule is COC(=O)c1ccc(C23CC[C@@H](C[C@@H](OC)C2)N3Cc2c(OC)cc(C)c3c2ccn3C(=O)OC(C)(C)C)cc1. The molecule has 1 aromatic heterocycles. The third kappa shape index (κ3) is 4.88. The maximum Gasteiger partial charge on any atom is 0.419 e. The molecule has 2 aromatic carbocycles. The van der Waals surface area contributed by atoms with Gasteiger partial charge in [-0.3, -0.25) is 9.47 Å². The number of carbonyl (C=O) groups excluding carboxylic acids is 2. The molecule has 8 nitrogen and oxygen atoms in total. The van der Waals surface area contributed by atoms with E-state index in [9.17, 15) is 9.59 Å². The van der Waals surface area contributed by atoms with Gasteiger partial charge in [0, 0.05) is 42.4 Å². The van der Waals surface area contributed by atoms with Crippen LogP contribution in [0.2, 0.25) is 0 Å². The molecule has 0 spiro atoms. The van der Waals surface area contributed by atoms with Crippen molar-refractivity contribution in [2.75, 3.05) is 21.3 Å². The standard InChI is InChI=1S/C32H40N2O6/c1-20-16-27(38-6)26(25-13-15-33(28(20)25)30(36)40-31(2,3)4)19-34-23-12-14-32(34,18-24(17-23)37-5)22-10-8-21(9-11-22)29(35)39-7/h8-11,13,15-16,23-24H,12,14,17-19H2,1-7H3/t23-,24+,32?/m0/s1. The number of carbonyl (C=O) groups is 2. The first-order valence-electron chi connectivity index (χ1n) is 13.9. The Morgan fingerprint density at radius 1 is 1.07 bits per heavy atom. The van der Waals surface area contributed by atoms with Crippen LogP contribution in [0.3, 0.4) is 0 Å². The minimum atomic E-state index is -0.600. The number of methoxy groups -OCH3 is 3. The van der Waals surface area contributed by atoms with Crippen LogP contribution in [-0.4, -0.2) is 60.6 Å². The van der Waals surface area contributed by atoms with Gasteiger partial charge in [0.05, 0.1) is 31.4 Å². The van der Waals surface area contributed by atoms with E-state index in [4.69, 9.17) is 18.9 Å². The number of fused-ring (bicyclic) bond motifs is 3. The molecule has 0 radical (unpaired) electrons. The number of aromatic nitrogens is 1. The van der Waals surface area contributed by atoms with Gasteiger partial charge in [-0.05, 0) is 88.8 Å². The normalized spacial score (nSPS) is 22.9. The van der Waals surface area contributed by atoms with E-state index in [0.29, 0.717) is 18.2 Å². The zero-order valence-electron chi connectivity index (χ0n) is 24.6. The first-order chi connectivity index (χ1) is 19.0. The summed E-state index contributed by atoms with van der Waals surface area (Å²) in [4.78, 5) is 27.8. The van der Waals surface area contributed by atoms with Crippen LogP contribution in [0.15, 0.2) is 42.6 Å².